The first kappa shape index (κ1) is 15.9. The van der Waals surface area contributed by atoms with Gasteiger partial charge in [-0.3, -0.25) is 0 Å². The van der Waals surface area contributed by atoms with E-state index in [0.29, 0.717) is 17.3 Å². The third-order valence-corrected chi connectivity index (χ3v) is 4.61. The van der Waals surface area contributed by atoms with E-state index in [0.717, 1.165) is 36.3 Å². The number of carbonyl (C=O) groups is 1. The largest absolute Gasteiger partial charge is 0.359 e. The number of hydrogen-bond acceptors (Lipinski definition) is 3. The summed E-state index contributed by atoms with van der Waals surface area (Å²) in [6.45, 7) is 4.67. The lowest BCUT2D eigenvalue weighted by molar-refractivity contribution is 0.195. The van der Waals surface area contributed by atoms with Crippen molar-refractivity contribution < 1.29 is 9.32 Å². The number of urea groups is 1. The number of benzene rings is 1. The van der Waals surface area contributed by atoms with E-state index >= 15 is 0 Å². The van der Waals surface area contributed by atoms with Crippen LogP contribution in [0.25, 0.3) is 0 Å². The number of anilines is 1. The molecule has 3 rings (SSSR count). The van der Waals surface area contributed by atoms with Crippen molar-refractivity contribution in [3.05, 3.63) is 46.3 Å². The van der Waals surface area contributed by atoms with Gasteiger partial charge in [0.05, 0.1) is 11.7 Å². The standard InChI is InChI=1S/C17H20ClN3O2/c1-3-12-10-16(23-20-12)15-5-4-8-21(15)17(22)19-13-7-6-11(2)14(18)9-13/h6-7,9-10,15H,3-5,8H2,1-2H3,(H,19,22)/t15-/m1/s1. The summed E-state index contributed by atoms with van der Waals surface area (Å²) >= 11 is 6.11. The van der Waals surface area contributed by atoms with Crippen LogP contribution in [0.1, 0.15) is 42.8 Å². The van der Waals surface area contributed by atoms with Gasteiger partial charge in [-0.15, -0.1) is 0 Å². The van der Waals surface area contributed by atoms with Gasteiger partial charge in [0.1, 0.15) is 0 Å². The minimum Gasteiger partial charge on any atom is -0.359 e. The molecule has 1 fully saturated rings. The van der Waals surface area contributed by atoms with Gasteiger partial charge in [0.15, 0.2) is 5.76 Å². The number of rotatable bonds is 3. The Kier molecular flexibility index (Phi) is 4.57. The van der Waals surface area contributed by atoms with Crippen LogP contribution < -0.4 is 5.32 Å². The Hall–Kier alpha value is -2.01. The van der Waals surface area contributed by atoms with Crippen molar-refractivity contribution in [1.82, 2.24) is 10.1 Å². The predicted molar refractivity (Wildman–Crippen MR) is 89.8 cm³/mol. The second-order valence-electron chi connectivity index (χ2n) is 5.82. The number of likely N-dealkylation sites (tertiary alicyclic amines) is 1. The fraction of sp³-hybridized carbons (Fsp3) is 0.412. The van der Waals surface area contributed by atoms with Crippen LogP contribution in [-0.4, -0.2) is 22.6 Å². The van der Waals surface area contributed by atoms with Gasteiger partial charge in [0.2, 0.25) is 0 Å². The van der Waals surface area contributed by atoms with Crippen LogP contribution in [0.3, 0.4) is 0 Å². The Bertz CT molecular complexity index is 714. The average molecular weight is 334 g/mol. The molecule has 6 heteroatoms. The lowest BCUT2D eigenvalue weighted by atomic mass is 10.1. The van der Waals surface area contributed by atoms with Crippen LogP contribution in [0.15, 0.2) is 28.8 Å². The number of nitrogens with zero attached hydrogens (tertiary/aromatic N) is 2. The molecule has 1 N–H and O–H groups in total. The van der Waals surface area contributed by atoms with Gasteiger partial charge in [0.25, 0.3) is 0 Å². The Morgan fingerprint density at radius 2 is 2.30 bits per heavy atom. The molecule has 1 saturated heterocycles. The number of nitrogens with one attached hydrogen (secondary N) is 1. The van der Waals surface area contributed by atoms with Crippen LogP contribution in [0.4, 0.5) is 10.5 Å². The zero-order chi connectivity index (χ0) is 16.4. The Morgan fingerprint density at radius 3 is 3.00 bits per heavy atom. The third kappa shape index (κ3) is 3.34. The van der Waals surface area contributed by atoms with Gasteiger partial charge in [-0.05, 0) is 43.9 Å². The molecule has 1 atom stereocenters. The van der Waals surface area contributed by atoms with Gasteiger partial charge in [-0.1, -0.05) is 29.7 Å². The summed E-state index contributed by atoms with van der Waals surface area (Å²) in [5, 5.41) is 7.58. The van der Waals surface area contributed by atoms with E-state index in [1.54, 1.807) is 11.0 Å². The molecule has 1 aromatic heterocycles. The number of hydrogen-bond donors (Lipinski definition) is 1. The van der Waals surface area contributed by atoms with Crippen LogP contribution in [0.5, 0.6) is 0 Å². The highest BCUT2D eigenvalue weighted by molar-refractivity contribution is 6.31. The fourth-order valence-electron chi connectivity index (χ4n) is 2.82. The van der Waals surface area contributed by atoms with Crippen LogP contribution in [0.2, 0.25) is 5.02 Å². The molecule has 1 aliphatic rings. The highest BCUT2D eigenvalue weighted by Crippen LogP contribution is 2.33. The average Bonchev–Trinajstić information content (AvgIpc) is 3.18. The van der Waals surface area contributed by atoms with E-state index in [-0.39, 0.29) is 12.1 Å². The second kappa shape index (κ2) is 6.62. The molecule has 0 unspecified atom stereocenters. The summed E-state index contributed by atoms with van der Waals surface area (Å²) in [4.78, 5) is 14.4. The van der Waals surface area contributed by atoms with Gasteiger partial charge in [0, 0.05) is 23.3 Å². The Balaban J connectivity index is 1.73. The van der Waals surface area contributed by atoms with Crippen LogP contribution >= 0.6 is 11.6 Å². The van der Waals surface area contributed by atoms with E-state index in [1.807, 2.05) is 32.0 Å². The summed E-state index contributed by atoms with van der Waals surface area (Å²) in [7, 11) is 0. The smallest absolute Gasteiger partial charge is 0.322 e. The molecule has 2 aromatic rings. The molecule has 0 saturated carbocycles. The molecule has 5 nitrogen and oxygen atoms in total. The lowest BCUT2D eigenvalue weighted by Gasteiger charge is -2.23. The lowest BCUT2D eigenvalue weighted by Crippen LogP contribution is -2.34. The van der Waals surface area contributed by atoms with Crippen molar-refractivity contribution >= 4 is 23.3 Å². The van der Waals surface area contributed by atoms with E-state index in [9.17, 15) is 4.79 Å². The van der Waals surface area contributed by atoms with Gasteiger partial charge in [-0.2, -0.15) is 0 Å². The zero-order valence-electron chi connectivity index (χ0n) is 13.3. The minimum atomic E-state index is -0.137. The molecule has 0 spiro atoms. The quantitative estimate of drug-likeness (QED) is 0.895. The SMILES string of the molecule is CCc1cc([C@H]2CCCN2C(=O)Nc2ccc(C)c(Cl)c2)on1. The first-order chi connectivity index (χ1) is 11.1. The zero-order valence-corrected chi connectivity index (χ0v) is 14.1. The van der Waals surface area contributed by atoms with Gasteiger partial charge < -0.3 is 14.7 Å². The van der Waals surface area contributed by atoms with Crippen molar-refractivity contribution in [2.75, 3.05) is 11.9 Å². The Labute approximate surface area is 140 Å². The van der Waals surface area contributed by atoms with Gasteiger partial charge in [-0.25, -0.2) is 4.79 Å². The highest BCUT2D eigenvalue weighted by Gasteiger charge is 2.32. The minimum absolute atomic E-state index is 0.0521. The molecular formula is C17H20ClN3O2. The second-order valence-corrected chi connectivity index (χ2v) is 6.23. The maximum Gasteiger partial charge on any atom is 0.322 e. The molecule has 23 heavy (non-hydrogen) atoms. The molecule has 2 amide bonds. The topological polar surface area (TPSA) is 58.4 Å². The highest BCUT2D eigenvalue weighted by atomic mass is 35.5. The molecule has 1 aromatic carbocycles. The van der Waals surface area contributed by atoms with E-state index in [1.165, 1.54) is 0 Å². The molecule has 2 heterocycles. The molecule has 0 aliphatic carbocycles. The number of amides is 2. The summed E-state index contributed by atoms with van der Waals surface area (Å²) < 4.78 is 5.41. The molecule has 0 radical (unpaired) electrons. The number of halogens is 1. The fourth-order valence-corrected chi connectivity index (χ4v) is 3.00. The van der Waals surface area contributed by atoms with E-state index < -0.39 is 0 Å². The van der Waals surface area contributed by atoms with Gasteiger partial charge >= 0.3 is 6.03 Å². The van der Waals surface area contributed by atoms with Crippen LogP contribution in [0, 0.1) is 6.92 Å². The van der Waals surface area contributed by atoms with Crippen molar-refractivity contribution in [2.45, 2.75) is 39.2 Å². The third-order valence-electron chi connectivity index (χ3n) is 4.20. The normalized spacial score (nSPS) is 17.5. The molecule has 0 bridgehead atoms. The number of aryl methyl sites for hydroxylation is 2. The molecule has 122 valence electrons. The molecule has 1 aliphatic heterocycles. The van der Waals surface area contributed by atoms with Crippen molar-refractivity contribution in [3.8, 4) is 0 Å². The number of aromatic nitrogens is 1. The summed E-state index contributed by atoms with van der Waals surface area (Å²) in [6, 6.07) is 7.27. The van der Waals surface area contributed by atoms with Crippen molar-refractivity contribution in [2.24, 2.45) is 0 Å². The maximum atomic E-state index is 12.6. The molecular weight excluding hydrogens is 314 g/mol. The summed E-state index contributed by atoms with van der Waals surface area (Å²) in [5.41, 5.74) is 2.60. The van der Waals surface area contributed by atoms with E-state index in [4.69, 9.17) is 16.1 Å². The Morgan fingerprint density at radius 1 is 1.48 bits per heavy atom. The maximum absolute atomic E-state index is 12.6. The first-order valence-electron chi connectivity index (χ1n) is 7.87. The summed E-state index contributed by atoms with van der Waals surface area (Å²) in [6.07, 6.45) is 2.67. The number of carbonyl (C=O) groups excluding carboxylic acids is 1. The van der Waals surface area contributed by atoms with E-state index in [2.05, 4.69) is 10.5 Å². The predicted octanol–water partition coefficient (Wildman–Crippen LogP) is 4.57. The first-order valence-corrected chi connectivity index (χ1v) is 8.25. The van der Waals surface area contributed by atoms with Crippen molar-refractivity contribution in [1.29, 1.82) is 0 Å². The monoisotopic (exact) mass is 333 g/mol. The van der Waals surface area contributed by atoms with Crippen molar-refractivity contribution in [3.63, 3.8) is 0 Å². The van der Waals surface area contributed by atoms with Crippen LogP contribution in [-0.2, 0) is 6.42 Å². The summed E-state index contributed by atoms with van der Waals surface area (Å²) in [5.74, 6) is 0.761.